The zero-order chi connectivity index (χ0) is 28.9. The lowest BCUT2D eigenvalue weighted by Crippen LogP contribution is -2.38. The Labute approximate surface area is 240 Å². The third-order valence-corrected chi connectivity index (χ3v) is 8.42. The van der Waals surface area contributed by atoms with E-state index < -0.39 is 13.2 Å². The molecule has 3 heterocycles. The lowest BCUT2D eigenvalue weighted by molar-refractivity contribution is 0.228. The lowest BCUT2D eigenvalue weighted by atomic mass is 9.75. The van der Waals surface area contributed by atoms with Gasteiger partial charge in [0.1, 0.15) is 17.4 Å². The number of fused-ring (bicyclic) bond motifs is 2. The smallest absolute Gasteiger partial charge is 0.485 e. The van der Waals surface area contributed by atoms with Crippen LogP contribution in [0.15, 0.2) is 69.0 Å². The quantitative estimate of drug-likeness (QED) is 0.312. The highest BCUT2D eigenvalue weighted by Gasteiger charge is 2.29. The number of hydrogen-bond acceptors (Lipinski definition) is 7. The minimum atomic E-state index is -1.12. The second-order valence-electron chi connectivity index (χ2n) is 12.0. The molecular formula is C33H35BN2O5. The van der Waals surface area contributed by atoms with E-state index in [2.05, 4.69) is 23.9 Å². The number of anilines is 1. The van der Waals surface area contributed by atoms with Gasteiger partial charge in [-0.1, -0.05) is 50.2 Å². The van der Waals surface area contributed by atoms with Gasteiger partial charge in [0.05, 0.1) is 17.2 Å². The van der Waals surface area contributed by atoms with Gasteiger partial charge in [0, 0.05) is 29.7 Å². The number of rotatable bonds is 5. The fraction of sp³-hybridized carbons (Fsp3) is 0.333. The van der Waals surface area contributed by atoms with Crippen molar-refractivity contribution in [1.29, 1.82) is 0 Å². The van der Waals surface area contributed by atoms with Crippen LogP contribution in [0.3, 0.4) is 0 Å². The monoisotopic (exact) mass is 550 g/mol. The van der Waals surface area contributed by atoms with Gasteiger partial charge in [-0.3, -0.25) is 4.79 Å². The van der Waals surface area contributed by atoms with E-state index in [0.29, 0.717) is 33.6 Å². The Hall–Kier alpha value is -4.04. The highest BCUT2D eigenvalue weighted by Crippen LogP contribution is 2.38. The SMILES string of the molecule is Cc1cc([C@H](C)Oc2ccccc2-c2ccc3c(c2)B(O)ON=C3)c2oc(N3CCC(C)(C)CC3)c(C)c(=O)c2c1. The van der Waals surface area contributed by atoms with Gasteiger partial charge >= 0.3 is 7.12 Å². The van der Waals surface area contributed by atoms with Crippen LogP contribution in [-0.2, 0) is 4.76 Å². The van der Waals surface area contributed by atoms with Crippen molar-refractivity contribution in [2.75, 3.05) is 18.0 Å². The highest BCUT2D eigenvalue weighted by molar-refractivity contribution is 6.62. The Bertz CT molecular complexity index is 1720. The summed E-state index contributed by atoms with van der Waals surface area (Å²) in [6, 6.07) is 17.5. The number of benzene rings is 3. The van der Waals surface area contributed by atoms with Gasteiger partial charge in [0.25, 0.3) is 0 Å². The van der Waals surface area contributed by atoms with Gasteiger partial charge < -0.3 is 23.8 Å². The standard InChI is InChI=1S/C33H35BN2O5/c1-20-16-26(31-27(17-20)30(37)21(2)32(40-31)36-14-12-33(4,5)13-15-36)22(3)39-29-9-7-6-8-25(29)23-10-11-24-19-35-41-34(38)28(24)18-23/h6-11,16-19,22,38H,12-15H2,1-5H3/t22-/m0/s1. The Morgan fingerprint density at radius 1 is 1.07 bits per heavy atom. The molecule has 2 aliphatic rings. The first-order chi connectivity index (χ1) is 19.6. The number of oxime groups is 1. The molecule has 6 rings (SSSR count). The number of para-hydroxylation sites is 1. The Morgan fingerprint density at radius 2 is 1.83 bits per heavy atom. The number of nitrogens with zero attached hydrogens (tertiary/aromatic N) is 2. The number of aryl methyl sites for hydroxylation is 1. The summed E-state index contributed by atoms with van der Waals surface area (Å²) in [5.41, 5.74) is 6.54. The molecule has 210 valence electrons. The molecule has 0 saturated carbocycles. The maximum absolute atomic E-state index is 13.6. The van der Waals surface area contributed by atoms with E-state index in [4.69, 9.17) is 13.9 Å². The maximum Gasteiger partial charge on any atom is 0.583 e. The van der Waals surface area contributed by atoms with Crippen LogP contribution in [0.5, 0.6) is 5.75 Å². The summed E-state index contributed by atoms with van der Waals surface area (Å²) in [5, 5.41) is 14.6. The molecule has 8 heteroatoms. The van der Waals surface area contributed by atoms with Crippen molar-refractivity contribution in [3.63, 3.8) is 0 Å². The number of piperidine rings is 1. The third kappa shape index (κ3) is 5.13. The van der Waals surface area contributed by atoms with Crippen LogP contribution in [0.4, 0.5) is 5.88 Å². The zero-order valence-electron chi connectivity index (χ0n) is 24.2. The van der Waals surface area contributed by atoms with Crippen LogP contribution in [0.25, 0.3) is 22.1 Å². The molecule has 0 unspecified atom stereocenters. The van der Waals surface area contributed by atoms with Crippen molar-refractivity contribution in [2.45, 2.75) is 53.6 Å². The summed E-state index contributed by atoms with van der Waals surface area (Å²) in [5.74, 6) is 1.34. The van der Waals surface area contributed by atoms with Crippen molar-refractivity contribution >= 4 is 35.6 Å². The second-order valence-corrected chi connectivity index (χ2v) is 12.0. The van der Waals surface area contributed by atoms with E-state index in [0.717, 1.165) is 53.7 Å². The summed E-state index contributed by atoms with van der Waals surface area (Å²) in [6.07, 6.45) is 3.28. The molecule has 1 atom stereocenters. The van der Waals surface area contributed by atoms with E-state index in [1.807, 2.05) is 75.4 Å². The molecule has 1 fully saturated rings. The normalized spacial score (nSPS) is 16.8. The third-order valence-electron chi connectivity index (χ3n) is 8.42. The van der Waals surface area contributed by atoms with Gasteiger partial charge in [-0.15, -0.1) is 5.16 Å². The van der Waals surface area contributed by atoms with Crippen molar-refractivity contribution in [1.82, 2.24) is 0 Å². The van der Waals surface area contributed by atoms with Crippen molar-refractivity contribution in [3.8, 4) is 16.9 Å². The Balaban J connectivity index is 1.38. The molecule has 1 saturated heterocycles. The molecule has 7 nitrogen and oxygen atoms in total. The fourth-order valence-corrected chi connectivity index (χ4v) is 5.81. The number of hydrogen-bond donors (Lipinski definition) is 1. The summed E-state index contributed by atoms with van der Waals surface area (Å²) in [7, 11) is -1.12. The minimum Gasteiger partial charge on any atom is -0.485 e. The van der Waals surface area contributed by atoms with Gasteiger partial charge in [-0.05, 0) is 73.9 Å². The van der Waals surface area contributed by atoms with Crippen molar-refractivity contribution in [2.24, 2.45) is 10.6 Å². The molecular weight excluding hydrogens is 515 g/mol. The minimum absolute atomic E-state index is 0.00186. The van der Waals surface area contributed by atoms with Crippen molar-refractivity contribution in [3.05, 3.63) is 87.1 Å². The topological polar surface area (TPSA) is 84.5 Å². The molecule has 3 aromatic carbocycles. The van der Waals surface area contributed by atoms with E-state index in [1.54, 1.807) is 6.21 Å². The molecule has 0 amide bonds. The van der Waals surface area contributed by atoms with Crippen LogP contribution in [0.2, 0.25) is 0 Å². The summed E-state index contributed by atoms with van der Waals surface area (Å²) in [6.45, 7) is 12.1. The van der Waals surface area contributed by atoms with E-state index in [1.165, 1.54) is 0 Å². The molecule has 0 radical (unpaired) electrons. The van der Waals surface area contributed by atoms with Gasteiger partial charge in [-0.25, -0.2) is 0 Å². The molecule has 2 aliphatic heterocycles. The summed E-state index contributed by atoms with van der Waals surface area (Å²) in [4.78, 5) is 15.8. The first-order valence-electron chi connectivity index (χ1n) is 14.2. The van der Waals surface area contributed by atoms with E-state index >= 15 is 0 Å². The fourth-order valence-electron chi connectivity index (χ4n) is 5.81. The van der Waals surface area contributed by atoms with Crippen LogP contribution in [0.1, 0.15) is 62.0 Å². The summed E-state index contributed by atoms with van der Waals surface area (Å²) < 4.78 is 18.2. The largest absolute Gasteiger partial charge is 0.583 e. The first kappa shape index (κ1) is 27.2. The van der Waals surface area contributed by atoms with Crippen LogP contribution < -0.4 is 20.5 Å². The predicted octanol–water partition coefficient (Wildman–Crippen LogP) is 5.89. The summed E-state index contributed by atoms with van der Waals surface area (Å²) >= 11 is 0. The van der Waals surface area contributed by atoms with Gasteiger partial charge in [-0.2, -0.15) is 0 Å². The molecule has 0 bridgehead atoms. The van der Waals surface area contributed by atoms with E-state index in [9.17, 15) is 9.82 Å². The Kier molecular flexibility index (Phi) is 6.90. The highest BCUT2D eigenvalue weighted by atomic mass is 16.6. The second kappa shape index (κ2) is 10.4. The van der Waals surface area contributed by atoms with Crippen molar-refractivity contribution < 1.29 is 18.9 Å². The van der Waals surface area contributed by atoms with Crippen LogP contribution in [0, 0.1) is 19.3 Å². The van der Waals surface area contributed by atoms with Gasteiger partial charge in [0.2, 0.25) is 5.88 Å². The first-order valence-corrected chi connectivity index (χ1v) is 14.2. The lowest BCUT2D eigenvalue weighted by Gasteiger charge is -2.37. The predicted molar refractivity (Wildman–Crippen MR) is 164 cm³/mol. The molecule has 4 aromatic rings. The van der Waals surface area contributed by atoms with E-state index in [-0.39, 0.29) is 10.8 Å². The molecule has 41 heavy (non-hydrogen) atoms. The zero-order valence-corrected chi connectivity index (χ0v) is 24.2. The molecule has 0 aliphatic carbocycles. The molecule has 1 N–H and O–H groups in total. The molecule has 0 spiro atoms. The number of ether oxygens (including phenoxy) is 1. The molecule has 1 aromatic heterocycles. The van der Waals surface area contributed by atoms with Crippen LogP contribution in [-0.4, -0.2) is 31.4 Å². The average molecular weight is 550 g/mol. The maximum atomic E-state index is 13.6. The Morgan fingerprint density at radius 3 is 2.61 bits per heavy atom. The average Bonchev–Trinajstić information content (AvgIpc) is 2.95. The van der Waals surface area contributed by atoms with Crippen LogP contribution >= 0.6 is 0 Å². The van der Waals surface area contributed by atoms with Gasteiger partial charge in [0.15, 0.2) is 5.43 Å².